The molecular formula is C11H8F3NO. The molecule has 0 aliphatic rings. The Bertz CT molecular complexity index is 527. The van der Waals surface area contributed by atoms with E-state index in [2.05, 4.69) is 0 Å². The maximum absolute atomic E-state index is 12.3. The second-order valence-corrected chi connectivity index (χ2v) is 3.46. The van der Waals surface area contributed by atoms with Crippen LogP contribution in [0.4, 0.5) is 13.2 Å². The molecule has 0 saturated heterocycles. The predicted octanol–water partition coefficient (Wildman–Crippen LogP) is 3.02. The van der Waals surface area contributed by atoms with Gasteiger partial charge in [0.25, 0.3) is 0 Å². The van der Waals surface area contributed by atoms with Gasteiger partial charge in [-0.3, -0.25) is 4.79 Å². The molecule has 2 rings (SSSR count). The molecule has 16 heavy (non-hydrogen) atoms. The van der Waals surface area contributed by atoms with Crippen molar-refractivity contribution in [3.05, 3.63) is 36.0 Å². The number of alkyl halides is 3. The Hall–Kier alpha value is -1.78. The molecule has 0 bridgehead atoms. The average molecular weight is 227 g/mol. The predicted molar refractivity (Wildman–Crippen MR) is 53.4 cm³/mol. The van der Waals surface area contributed by atoms with E-state index in [1.165, 1.54) is 12.3 Å². The van der Waals surface area contributed by atoms with E-state index >= 15 is 0 Å². The van der Waals surface area contributed by atoms with Crippen molar-refractivity contribution in [2.45, 2.75) is 12.7 Å². The molecule has 0 fully saturated rings. The fraction of sp³-hybridized carbons (Fsp3) is 0.182. The van der Waals surface area contributed by atoms with Gasteiger partial charge in [0.05, 0.1) is 5.52 Å². The first-order valence-corrected chi connectivity index (χ1v) is 4.61. The van der Waals surface area contributed by atoms with Crippen molar-refractivity contribution >= 4 is 17.2 Å². The zero-order valence-corrected chi connectivity index (χ0v) is 8.16. The van der Waals surface area contributed by atoms with E-state index in [4.69, 9.17) is 0 Å². The van der Waals surface area contributed by atoms with Crippen LogP contribution in [0.3, 0.4) is 0 Å². The fourth-order valence-corrected chi connectivity index (χ4v) is 1.71. The van der Waals surface area contributed by atoms with E-state index in [1.54, 1.807) is 18.2 Å². The molecule has 2 nitrogen and oxygen atoms in total. The van der Waals surface area contributed by atoms with Gasteiger partial charge in [0.1, 0.15) is 6.54 Å². The second-order valence-electron chi connectivity index (χ2n) is 3.46. The smallest absolute Gasteiger partial charge is 0.338 e. The minimum Gasteiger partial charge on any atom is -0.338 e. The number of carbonyl (C=O) groups excluding carboxylic acids is 1. The zero-order valence-electron chi connectivity index (χ0n) is 8.16. The van der Waals surface area contributed by atoms with Crippen LogP contribution in [0.15, 0.2) is 30.5 Å². The number of rotatable bonds is 2. The molecule has 84 valence electrons. The molecule has 1 aromatic heterocycles. The standard InChI is InChI=1S/C11H8F3NO/c12-11(13,14)7-15-5-4-8-2-1-3-9(6-16)10(8)15/h1-6H,7H2. The first kappa shape index (κ1) is 10.7. The average Bonchev–Trinajstić information content (AvgIpc) is 2.59. The van der Waals surface area contributed by atoms with Crippen LogP contribution >= 0.6 is 0 Å². The molecular weight excluding hydrogens is 219 g/mol. The van der Waals surface area contributed by atoms with Crippen LogP contribution in [-0.2, 0) is 6.54 Å². The number of hydrogen-bond acceptors (Lipinski definition) is 1. The third kappa shape index (κ3) is 1.93. The normalized spacial score (nSPS) is 11.9. The van der Waals surface area contributed by atoms with Gasteiger partial charge in [-0.05, 0) is 12.1 Å². The van der Waals surface area contributed by atoms with Crippen LogP contribution in [0.1, 0.15) is 10.4 Å². The van der Waals surface area contributed by atoms with Gasteiger partial charge in [0.2, 0.25) is 0 Å². The minimum absolute atomic E-state index is 0.270. The lowest BCUT2D eigenvalue weighted by Gasteiger charge is -2.09. The number of nitrogens with zero attached hydrogens (tertiary/aromatic N) is 1. The molecule has 0 atom stereocenters. The number of halogens is 3. The molecule has 0 radical (unpaired) electrons. The van der Waals surface area contributed by atoms with Crippen LogP contribution < -0.4 is 0 Å². The number of benzene rings is 1. The maximum Gasteiger partial charge on any atom is 0.406 e. The van der Waals surface area contributed by atoms with E-state index in [0.29, 0.717) is 17.2 Å². The summed E-state index contributed by atoms with van der Waals surface area (Å²) in [4.78, 5) is 10.7. The Morgan fingerprint density at radius 3 is 2.62 bits per heavy atom. The molecule has 1 heterocycles. The number of hydrogen-bond donors (Lipinski definition) is 0. The van der Waals surface area contributed by atoms with Crippen molar-refractivity contribution in [3.8, 4) is 0 Å². The highest BCUT2D eigenvalue weighted by atomic mass is 19.4. The Morgan fingerprint density at radius 2 is 2.00 bits per heavy atom. The van der Waals surface area contributed by atoms with E-state index in [1.807, 2.05) is 0 Å². The van der Waals surface area contributed by atoms with Crippen molar-refractivity contribution in [2.75, 3.05) is 0 Å². The fourth-order valence-electron chi connectivity index (χ4n) is 1.71. The van der Waals surface area contributed by atoms with E-state index in [9.17, 15) is 18.0 Å². The molecule has 0 aliphatic heterocycles. The Balaban J connectivity index is 2.58. The van der Waals surface area contributed by atoms with Crippen LogP contribution in [0, 0.1) is 0 Å². The van der Waals surface area contributed by atoms with Gasteiger partial charge in [0, 0.05) is 17.1 Å². The highest BCUT2D eigenvalue weighted by Gasteiger charge is 2.28. The summed E-state index contributed by atoms with van der Waals surface area (Å²) in [5, 5.41) is 0.633. The van der Waals surface area contributed by atoms with E-state index in [0.717, 1.165) is 4.57 Å². The van der Waals surface area contributed by atoms with Crippen molar-refractivity contribution in [2.24, 2.45) is 0 Å². The third-order valence-corrected chi connectivity index (χ3v) is 2.30. The van der Waals surface area contributed by atoms with Gasteiger partial charge in [-0.15, -0.1) is 0 Å². The molecule has 0 saturated carbocycles. The van der Waals surface area contributed by atoms with Gasteiger partial charge in [-0.25, -0.2) is 0 Å². The highest BCUT2D eigenvalue weighted by molar-refractivity contribution is 5.96. The highest BCUT2D eigenvalue weighted by Crippen LogP contribution is 2.24. The summed E-state index contributed by atoms with van der Waals surface area (Å²) in [5.41, 5.74) is 0.599. The lowest BCUT2D eigenvalue weighted by Crippen LogP contribution is -2.17. The molecule has 2 aromatic rings. The van der Waals surface area contributed by atoms with E-state index in [-0.39, 0.29) is 5.56 Å². The molecule has 5 heteroatoms. The SMILES string of the molecule is O=Cc1cccc2ccn(CC(F)(F)F)c12. The summed E-state index contributed by atoms with van der Waals surface area (Å²) in [7, 11) is 0. The lowest BCUT2D eigenvalue weighted by atomic mass is 10.1. The summed E-state index contributed by atoms with van der Waals surface area (Å²) < 4.78 is 37.9. The second kappa shape index (κ2) is 3.66. The molecule has 0 aliphatic carbocycles. The number of aldehydes is 1. The molecule has 1 aromatic carbocycles. The van der Waals surface area contributed by atoms with Crippen molar-refractivity contribution in [3.63, 3.8) is 0 Å². The summed E-state index contributed by atoms with van der Waals surface area (Å²) >= 11 is 0. The van der Waals surface area contributed by atoms with Crippen molar-refractivity contribution in [1.29, 1.82) is 0 Å². The largest absolute Gasteiger partial charge is 0.406 e. The topological polar surface area (TPSA) is 22.0 Å². The summed E-state index contributed by atoms with van der Waals surface area (Å²) in [6.07, 6.45) is -2.39. The first-order chi connectivity index (χ1) is 7.51. The summed E-state index contributed by atoms with van der Waals surface area (Å²) in [5.74, 6) is 0. The van der Waals surface area contributed by atoms with Crippen LogP contribution in [0.5, 0.6) is 0 Å². The van der Waals surface area contributed by atoms with Gasteiger partial charge >= 0.3 is 6.18 Å². The van der Waals surface area contributed by atoms with Gasteiger partial charge in [-0.2, -0.15) is 13.2 Å². The number of aromatic nitrogens is 1. The zero-order chi connectivity index (χ0) is 11.8. The van der Waals surface area contributed by atoms with Gasteiger partial charge < -0.3 is 4.57 Å². The lowest BCUT2D eigenvalue weighted by molar-refractivity contribution is -0.139. The van der Waals surface area contributed by atoms with Crippen molar-refractivity contribution < 1.29 is 18.0 Å². The van der Waals surface area contributed by atoms with Crippen LogP contribution in [0.2, 0.25) is 0 Å². The quantitative estimate of drug-likeness (QED) is 0.723. The monoisotopic (exact) mass is 227 g/mol. The Morgan fingerprint density at radius 1 is 1.25 bits per heavy atom. The number of carbonyl (C=O) groups is 1. The number of fused-ring (bicyclic) bond motifs is 1. The number of para-hydroxylation sites is 1. The molecule has 0 unspecified atom stereocenters. The molecule has 0 N–H and O–H groups in total. The maximum atomic E-state index is 12.3. The minimum atomic E-state index is -4.29. The molecule has 0 amide bonds. The third-order valence-electron chi connectivity index (χ3n) is 2.30. The van der Waals surface area contributed by atoms with Crippen molar-refractivity contribution in [1.82, 2.24) is 4.57 Å². The van der Waals surface area contributed by atoms with Gasteiger partial charge in [-0.1, -0.05) is 12.1 Å². The van der Waals surface area contributed by atoms with Gasteiger partial charge in [0.15, 0.2) is 6.29 Å². The Kier molecular flexibility index (Phi) is 2.46. The first-order valence-electron chi connectivity index (χ1n) is 4.61. The summed E-state index contributed by atoms with van der Waals surface area (Å²) in [6, 6.07) is 6.38. The van der Waals surface area contributed by atoms with Crippen LogP contribution in [-0.4, -0.2) is 17.0 Å². The van der Waals surface area contributed by atoms with E-state index < -0.39 is 12.7 Å². The summed E-state index contributed by atoms with van der Waals surface area (Å²) in [6.45, 7) is -1.08. The Labute approximate surface area is 89.3 Å². The van der Waals surface area contributed by atoms with Crippen LogP contribution in [0.25, 0.3) is 10.9 Å². The molecule has 0 spiro atoms.